The van der Waals surface area contributed by atoms with Crippen LogP contribution in [0.3, 0.4) is 0 Å². The Morgan fingerprint density at radius 1 is 1.16 bits per heavy atom. The van der Waals surface area contributed by atoms with Crippen molar-refractivity contribution in [2.24, 2.45) is 5.92 Å². The lowest BCUT2D eigenvalue weighted by Crippen LogP contribution is -2.40. The number of nitrogens with one attached hydrogen (secondary N) is 1. The van der Waals surface area contributed by atoms with Crippen molar-refractivity contribution in [1.82, 2.24) is 4.90 Å². The SMILES string of the molecule is COc1ccc(NC(=O)CN(Cc2ccccc2)C(C)C2CC2)cc1. The maximum absolute atomic E-state index is 12.5. The minimum Gasteiger partial charge on any atom is -0.497 e. The van der Waals surface area contributed by atoms with Crippen LogP contribution in [-0.2, 0) is 11.3 Å². The summed E-state index contributed by atoms with van der Waals surface area (Å²) in [5.74, 6) is 1.53. The van der Waals surface area contributed by atoms with E-state index in [1.807, 2.05) is 42.5 Å². The van der Waals surface area contributed by atoms with Crippen LogP contribution in [0.4, 0.5) is 5.69 Å². The van der Waals surface area contributed by atoms with Gasteiger partial charge in [-0.3, -0.25) is 9.69 Å². The molecule has 2 aromatic rings. The fourth-order valence-corrected chi connectivity index (χ4v) is 3.10. The molecule has 4 heteroatoms. The first-order chi connectivity index (χ1) is 12.2. The molecule has 0 saturated heterocycles. The molecule has 25 heavy (non-hydrogen) atoms. The third-order valence-electron chi connectivity index (χ3n) is 4.83. The zero-order valence-corrected chi connectivity index (χ0v) is 14.9. The van der Waals surface area contributed by atoms with E-state index in [-0.39, 0.29) is 5.91 Å². The Balaban J connectivity index is 1.62. The Kier molecular flexibility index (Phi) is 5.71. The zero-order valence-electron chi connectivity index (χ0n) is 14.9. The van der Waals surface area contributed by atoms with Gasteiger partial charge in [-0.1, -0.05) is 30.3 Å². The fraction of sp³-hybridized carbons (Fsp3) is 0.381. The summed E-state index contributed by atoms with van der Waals surface area (Å²) in [4.78, 5) is 14.8. The molecule has 4 nitrogen and oxygen atoms in total. The minimum absolute atomic E-state index is 0.0218. The summed E-state index contributed by atoms with van der Waals surface area (Å²) >= 11 is 0. The summed E-state index contributed by atoms with van der Waals surface area (Å²) in [5.41, 5.74) is 2.04. The summed E-state index contributed by atoms with van der Waals surface area (Å²) < 4.78 is 5.15. The van der Waals surface area contributed by atoms with Crippen molar-refractivity contribution >= 4 is 11.6 Å². The van der Waals surface area contributed by atoms with E-state index < -0.39 is 0 Å². The number of methoxy groups -OCH3 is 1. The van der Waals surface area contributed by atoms with Gasteiger partial charge < -0.3 is 10.1 Å². The number of carbonyl (C=O) groups excluding carboxylic acids is 1. The summed E-state index contributed by atoms with van der Waals surface area (Å²) in [6.07, 6.45) is 2.54. The lowest BCUT2D eigenvalue weighted by Gasteiger charge is -2.28. The number of benzene rings is 2. The van der Waals surface area contributed by atoms with E-state index in [0.29, 0.717) is 12.6 Å². The minimum atomic E-state index is 0.0218. The van der Waals surface area contributed by atoms with Crippen LogP contribution < -0.4 is 10.1 Å². The number of hydrogen-bond donors (Lipinski definition) is 1. The van der Waals surface area contributed by atoms with Gasteiger partial charge in [0.05, 0.1) is 13.7 Å². The molecule has 3 rings (SSSR count). The van der Waals surface area contributed by atoms with E-state index in [9.17, 15) is 4.79 Å². The molecule has 1 saturated carbocycles. The van der Waals surface area contributed by atoms with Crippen molar-refractivity contribution in [1.29, 1.82) is 0 Å². The zero-order chi connectivity index (χ0) is 17.6. The van der Waals surface area contributed by atoms with E-state index in [1.165, 1.54) is 18.4 Å². The van der Waals surface area contributed by atoms with Gasteiger partial charge in [-0.05, 0) is 55.5 Å². The molecule has 1 N–H and O–H groups in total. The van der Waals surface area contributed by atoms with Gasteiger partial charge in [0.25, 0.3) is 0 Å². The number of hydrogen-bond acceptors (Lipinski definition) is 3. The smallest absolute Gasteiger partial charge is 0.238 e. The van der Waals surface area contributed by atoms with Crippen LogP contribution in [0, 0.1) is 5.92 Å². The second-order valence-electron chi connectivity index (χ2n) is 6.75. The Bertz CT molecular complexity index is 681. The molecular formula is C21H26N2O2. The molecule has 0 heterocycles. The molecule has 0 spiro atoms. The van der Waals surface area contributed by atoms with Gasteiger partial charge >= 0.3 is 0 Å². The first-order valence-electron chi connectivity index (χ1n) is 8.87. The van der Waals surface area contributed by atoms with Crippen molar-refractivity contribution in [2.45, 2.75) is 32.4 Å². The van der Waals surface area contributed by atoms with Crippen LogP contribution in [-0.4, -0.2) is 30.5 Å². The molecule has 132 valence electrons. The standard InChI is InChI=1S/C21H26N2O2/c1-16(18-8-9-18)23(14-17-6-4-3-5-7-17)15-21(24)22-19-10-12-20(25-2)13-11-19/h3-7,10-13,16,18H,8-9,14-15H2,1-2H3,(H,22,24). The molecule has 0 aliphatic heterocycles. The predicted octanol–water partition coefficient (Wildman–Crippen LogP) is 3.93. The summed E-state index contributed by atoms with van der Waals surface area (Å²) in [6, 6.07) is 18.2. The second kappa shape index (κ2) is 8.17. The van der Waals surface area contributed by atoms with Gasteiger partial charge in [0.1, 0.15) is 5.75 Å². The third kappa shape index (κ3) is 5.07. The van der Waals surface area contributed by atoms with E-state index in [4.69, 9.17) is 4.74 Å². The van der Waals surface area contributed by atoms with Crippen molar-refractivity contribution in [2.75, 3.05) is 19.0 Å². The molecule has 0 aromatic heterocycles. The van der Waals surface area contributed by atoms with Crippen molar-refractivity contribution in [3.63, 3.8) is 0 Å². The molecule has 0 bridgehead atoms. The Morgan fingerprint density at radius 3 is 2.44 bits per heavy atom. The van der Waals surface area contributed by atoms with Gasteiger partial charge in [-0.2, -0.15) is 0 Å². The van der Waals surface area contributed by atoms with Gasteiger partial charge in [-0.25, -0.2) is 0 Å². The van der Waals surface area contributed by atoms with E-state index in [0.717, 1.165) is 23.9 Å². The molecule has 1 amide bonds. The summed E-state index contributed by atoms with van der Waals surface area (Å²) in [7, 11) is 1.63. The number of rotatable bonds is 8. The fourth-order valence-electron chi connectivity index (χ4n) is 3.10. The van der Waals surface area contributed by atoms with E-state index in [2.05, 4.69) is 29.3 Å². The molecule has 1 aliphatic carbocycles. The molecule has 0 radical (unpaired) electrons. The molecule has 1 fully saturated rings. The number of ether oxygens (including phenoxy) is 1. The highest BCUT2D eigenvalue weighted by atomic mass is 16.5. The highest BCUT2D eigenvalue weighted by molar-refractivity contribution is 5.92. The first kappa shape index (κ1) is 17.5. The van der Waals surface area contributed by atoms with Crippen molar-refractivity contribution in [3.8, 4) is 5.75 Å². The summed E-state index contributed by atoms with van der Waals surface area (Å²) in [5, 5.41) is 2.99. The van der Waals surface area contributed by atoms with Crippen LogP contribution in [0.15, 0.2) is 54.6 Å². The number of amides is 1. The highest BCUT2D eigenvalue weighted by Gasteiger charge is 2.32. The van der Waals surface area contributed by atoms with E-state index in [1.54, 1.807) is 7.11 Å². The lowest BCUT2D eigenvalue weighted by molar-refractivity contribution is -0.118. The molecular weight excluding hydrogens is 312 g/mol. The molecule has 1 aliphatic rings. The Morgan fingerprint density at radius 2 is 1.84 bits per heavy atom. The molecule has 2 aromatic carbocycles. The lowest BCUT2D eigenvalue weighted by atomic mass is 10.1. The quantitative estimate of drug-likeness (QED) is 0.793. The van der Waals surface area contributed by atoms with Crippen LogP contribution in [0.25, 0.3) is 0 Å². The van der Waals surface area contributed by atoms with Crippen LogP contribution in [0.1, 0.15) is 25.3 Å². The largest absolute Gasteiger partial charge is 0.497 e. The third-order valence-corrected chi connectivity index (χ3v) is 4.83. The topological polar surface area (TPSA) is 41.6 Å². The Hall–Kier alpha value is -2.33. The number of anilines is 1. The second-order valence-corrected chi connectivity index (χ2v) is 6.75. The monoisotopic (exact) mass is 338 g/mol. The normalized spacial score (nSPS) is 15.0. The number of carbonyl (C=O) groups is 1. The van der Waals surface area contributed by atoms with Crippen LogP contribution >= 0.6 is 0 Å². The summed E-state index contributed by atoms with van der Waals surface area (Å²) in [6.45, 7) is 3.44. The van der Waals surface area contributed by atoms with Crippen LogP contribution in [0.5, 0.6) is 5.75 Å². The highest BCUT2D eigenvalue weighted by Crippen LogP contribution is 2.35. The molecule has 1 atom stereocenters. The Labute approximate surface area is 149 Å². The maximum Gasteiger partial charge on any atom is 0.238 e. The maximum atomic E-state index is 12.5. The van der Waals surface area contributed by atoms with Gasteiger partial charge in [0.15, 0.2) is 0 Å². The predicted molar refractivity (Wildman–Crippen MR) is 101 cm³/mol. The average Bonchev–Trinajstić information content (AvgIpc) is 3.47. The van der Waals surface area contributed by atoms with E-state index >= 15 is 0 Å². The van der Waals surface area contributed by atoms with Gasteiger partial charge in [-0.15, -0.1) is 0 Å². The first-order valence-corrected chi connectivity index (χ1v) is 8.87. The average molecular weight is 338 g/mol. The number of nitrogens with zero attached hydrogens (tertiary/aromatic N) is 1. The van der Waals surface area contributed by atoms with Crippen LogP contribution in [0.2, 0.25) is 0 Å². The van der Waals surface area contributed by atoms with Gasteiger partial charge in [0, 0.05) is 18.3 Å². The van der Waals surface area contributed by atoms with Crippen molar-refractivity contribution < 1.29 is 9.53 Å². The van der Waals surface area contributed by atoms with Gasteiger partial charge in [0.2, 0.25) is 5.91 Å². The van der Waals surface area contributed by atoms with Crippen molar-refractivity contribution in [3.05, 3.63) is 60.2 Å². The molecule has 1 unspecified atom stereocenters.